The third kappa shape index (κ3) is 1.37. The predicted octanol–water partition coefficient (Wildman–Crippen LogP) is 0.785. The fourth-order valence-electron chi connectivity index (χ4n) is 6.04. The summed E-state index contributed by atoms with van der Waals surface area (Å²) in [5.41, 5.74) is 0.868. The molecule has 5 rings (SSSR count). The van der Waals surface area contributed by atoms with E-state index in [1.54, 1.807) is 6.07 Å². The van der Waals surface area contributed by atoms with Crippen LogP contribution < -0.4 is 4.74 Å². The summed E-state index contributed by atoms with van der Waals surface area (Å²) in [6.07, 6.45) is 2.79. The summed E-state index contributed by atoms with van der Waals surface area (Å²) in [6, 6.07) is 3.76. The fraction of sp³-hybridized carbons (Fsp3) is 0.667. The maximum atomic E-state index is 11.8. The molecule has 5 atom stereocenters. The molecule has 2 fully saturated rings. The van der Waals surface area contributed by atoms with E-state index in [9.17, 15) is 15.3 Å². The van der Waals surface area contributed by atoms with Crippen LogP contribution in [-0.4, -0.2) is 58.2 Å². The molecule has 3 N–H and O–H groups in total. The molecule has 5 nitrogen and oxygen atoms in total. The number of phenolic OH excluding ortho intramolecular Hbond substituents is 1. The number of likely N-dealkylation sites (N-methyl/N-ethyl adjacent to an activating group) is 1. The number of hydrogen-bond donors (Lipinski definition) is 3. The number of aromatic hydroxyl groups is 1. The highest BCUT2D eigenvalue weighted by atomic mass is 16.5. The van der Waals surface area contributed by atoms with Crippen molar-refractivity contribution in [1.82, 2.24) is 4.90 Å². The summed E-state index contributed by atoms with van der Waals surface area (Å²) in [5.74, 6) is 0.718. The van der Waals surface area contributed by atoms with Gasteiger partial charge in [-0.3, -0.25) is 0 Å². The summed E-state index contributed by atoms with van der Waals surface area (Å²) in [7, 11) is 2.09. The monoisotopic (exact) mass is 317 g/mol. The van der Waals surface area contributed by atoms with Gasteiger partial charge in [0.2, 0.25) is 0 Å². The van der Waals surface area contributed by atoms with E-state index in [4.69, 9.17) is 4.74 Å². The summed E-state index contributed by atoms with van der Waals surface area (Å²) >= 11 is 0. The van der Waals surface area contributed by atoms with Gasteiger partial charge in [-0.15, -0.1) is 0 Å². The van der Waals surface area contributed by atoms with E-state index in [1.807, 2.05) is 6.07 Å². The third-order valence-electron chi connectivity index (χ3n) is 7.09. The number of likely N-dealkylation sites (tertiary alicyclic amines) is 1. The number of aliphatic hydroxyl groups is 2. The second-order valence-corrected chi connectivity index (χ2v) is 7.81. The van der Waals surface area contributed by atoms with Crippen LogP contribution in [0.3, 0.4) is 0 Å². The molecule has 1 aromatic rings. The van der Waals surface area contributed by atoms with E-state index in [1.165, 1.54) is 5.56 Å². The molecule has 5 heteroatoms. The molecule has 0 radical (unpaired) electrons. The van der Waals surface area contributed by atoms with Crippen LogP contribution in [0.2, 0.25) is 0 Å². The normalized spacial score (nSPS) is 43.9. The van der Waals surface area contributed by atoms with Gasteiger partial charge in [-0.05, 0) is 50.9 Å². The zero-order valence-electron chi connectivity index (χ0n) is 13.3. The Morgan fingerprint density at radius 3 is 2.96 bits per heavy atom. The molecule has 1 saturated carbocycles. The molecule has 4 aliphatic rings. The van der Waals surface area contributed by atoms with Crippen molar-refractivity contribution in [2.45, 2.75) is 48.8 Å². The molecule has 1 spiro atoms. The van der Waals surface area contributed by atoms with Crippen molar-refractivity contribution >= 4 is 0 Å². The number of benzene rings is 1. The van der Waals surface area contributed by atoms with Crippen LogP contribution in [0.15, 0.2) is 12.1 Å². The molecule has 1 aromatic carbocycles. The summed E-state index contributed by atoms with van der Waals surface area (Å²) in [6.45, 7) is 0.965. The lowest BCUT2D eigenvalue weighted by molar-refractivity contribution is -0.196. The standard InChI is InChI=1S/C18H23NO4/c1-19-7-6-17-14-10-2-3-12(21)15(14)23-16(17)11(9-20)4-5-18(17,22)13(19)8-10/h2-3,11,13,16,20-22H,4-9H2,1H3/t11?,13?,16-,17-,18?/m0/s1. The molecular weight excluding hydrogens is 294 g/mol. The van der Waals surface area contributed by atoms with Gasteiger partial charge in [-0.1, -0.05) is 6.07 Å². The number of hydrogen-bond acceptors (Lipinski definition) is 5. The third-order valence-corrected chi connectivity index (χ3v) is 7.09. The van der Waals surface area contributed by atoms with E-state index in [0.717, 1.165) is 31.4 Å². The highest BCUT2D eigenvalue weighted by Gasteiger charge is 2.72. The van der Waals surface area contributed by atoms with Gasteiger partial charge >= 0.3 is 0 Å². The van der Waals surface area contributed by atoms with Crippen molar-refractivity contribution in [2.24, 2.45) is 5.92 Å². The lowest BCUT2D eigenvalue weighted by Gasteiger charge is -2.63. The van der Waals surface area contributed by atoms with Crippen LogP contribution in [0.25, 0.3) is 0 Å². The average Bonchev–Trinajstić information content (AvgIpc) is 2.89. The first-order valence-electron chi connectivity index (χ1n) is 8.58. The quantitative estimate of drug-likeness (QED) is 0.714. The van der Waals surface area contributed by atoms with Crippen LogP contribution in [0, 0.1) is 5.92 Å². The Hall–Kier alpha value is -1.30. The van der Waals surface area contributed by atoms with Gasteiger partial charge in [0, 0.05) is 24.1 Å². The van der Waals surface area contributed by atoms with Crippen LogP contribution in [0.5, 0.6) is 11.5 Å². The maximum absolute atomic E-state index is 11.8. The molecular formula is C18H23NO4. The molecule has 2 aliphatic heterocycles. The van der Waals surface area contributed by atoms with Crippen molar-refractivity contribution < 1.29 is 20.1 Å². The van der Waals surface area contributed by atoms with Crippen LogP contribution in [0.1, 0.15) is 30.4 Å². The van der Waals surface area contributed by atoms with Crippen molar-refractivity contribution in [2.75, 3.05) is 20.2 Å². The predicted molar refractivity (Wildman–Crippen MR) is 83.7 cm³/mol. The lowest BCUT2D eigenvalue weighted by Crippen LogP contribution is -2.76. The minimum Gasteiger partial charge on any atom is -0.504 e. The number of nitrogens with zero attached hydrogens (tertiary/aromatic N) is 1. The maximum Gasteiger partial charge on any atom is 0.165 e. The van der Waals surface area contributed by atoms with E-state index in [-0.39, 0.29) is 30.4 Å². The Morgan fingerprint density at radius 1 is 1.35 bits per heavy atom. The van der Waals surface area contributed by atoms with Gasteiger partial charge in [-0.2, -0.15) is 0 Å². The molecule has 0 amide bonds. The van der Waals surface area contributed by atoms with Crippen LogP contribution >= 0.6 is 0 Å². The number of rotatable bonds is 1. The highest BCUT2D eigenvalue weighted by molar-refractivity contribution is 5.62. The largest absolute Gasteiger partial charge is 0.504 e. The van der Waals surface area contributed by atoms with E-state index < -0.39 is 11.0 Å². The Balaban J connectivity index is 1.83. The van der Waals surface area contributed by atoms with Gasteiger partial charge in [-0.25, -0.2) is 0 Å². The second-order valence-electron chi connectivity index (χ2n) is 7.81. The Bertz CT molecular complexity index is 692. The Labute approximate surface area is 135 Å². The van der Waals surface area contributed by atoms with Crippen molar-refractivity contribution in [3.05, 3.63) is 23.3 Å². The molecule has 124 valence electrons. The molecule has 3 unspecified atom stereocenters. The van der Waals surface area contributed by atoms with Gasteiger partial charge in [0.1, 0.15) is 6.10 Å². The zero-order chi connectivity index (χ0) is 16.0. The first-order valence-corrected chi connectivity index (χ1v) is 8.58. The highest BCUT2D eigenvalue weighted by Crippen LogP contribution is 2.66. The average molecular weight is 317 g/mol. The Kier molecular flexibility index (Phi) is 2.57. The molecule has 2 heterocycles. The second kappa shape index (κ2) is 4.21. The molecule has 0 aromatic heterocycles. The number of aliphatic hydroxyl groups excluding tert-OH is 1. The van der Waals surface area contributed by atoms with E-state index in [2.05, 4.69) is 11.9 Å². The Morgan fingerprint density at radius 2 is 2.17 bits per heavy atom. The summed E-state index contributed by atoms with van der Waals surface area (Å²) in [5, 5.41) is 32.0. The SMILES string of the molecule is CN1CC[C@]23c4c5ccc(O)c4O[C@H]2C(CO)CCC3(O)C1C5. The molecule has 23 heavy (non-hydrogen) atoms. The van der Waals surface area contributed by atoms with E-state index in [0.29, 0.717) is 12.2 Å². The fourth-order valence-corrected chi connectivity index (χ4v) is 6.04. The first-order chi connectivity index (χ1) is 11.0. The number of ether oxygens (including phenoxy) is 1. The van der Waals surface area contributed by atoms with Gasteiger partial charge < -0.3 is 25.0 Å². The first kappa shape index (κ1) is 14.1. The van der Waals surface area contributed by atoms with Crippen LogP contribution in [-0.2, 0) is 11.8 Å². The lowest BCUT2D eigenvalue weighted by atomic mass is 9.47. The topological polar surface area (TPSA) is 73.2 Å². The van der Waals surface area contributed by atoms with Gasteiger partial charge in [0.05, 0.1) is 11.0 Å². The minimum atomic E-state index is -0.845. The van der Waals surface area contributed by atoms with Crippen molar-refractivity contribution in [3.8, 4) is 11.5 Å². The number of piperidine rings is 1. The van der Waals surface area contributed by atoms with Crippen molar-refractivity contribution in [1.29, 1.82) is 0 Å². The van der Waals surface area contributed by atoms with Gasteiger partial charge in [0.15, 0.2) is 11.5 Å². The molecule has 2 bridgehead atoms. The van der Waals surface area contributed by atoms with E-state index >= 15 is 0 Å². The minimum absolute atomic E-state index is 0.0112. The summed E-state index contributed by atoms with van der Waals surface area (Å²) < 4.78 is 6.22. The molecule has 2 aliphatic carbocycles. The zero-order valence-corrected chi connectivity index (χ0v) is 13.3. The van der Waals surface area contributed by atoms with Gasteiger partial charge in [0.25, 0.3) is 0 Å². The summed E-state index contributed by atoms with van der Waals surface area (Å²) in [4.78, 5) is 2.27. The van der Waals surface area contributed by atoms with Crippen LogP contribution in [0.4, 0.5) is 0 Å². The molecule has 1 saturated heterocycles. The van der Waals surface area contributed by atoms with Crippen molar-refractivity contribution in [3.63, 3.8) is 0 Å². The smallest absolute Gasteiger partial charge is 0.165 e. The number of phenols is 1.